The Morgan fingerprint density at radius 2 is 2.27 bits per heavy atom. The SMILES string of the molecule is CC(C)CN1C[C@H](C(=O)NCc2csc(N(C)C)n2)CC1=O. The molecule has 0 saturated carbocycles. The zero-order valence-corrected chi connectivity index (χ0v) is 14.4. The zero-order valence-electron chi connectivity index (χ0n) is 13.6. The molecule has 1 aromatic rings. The van der Waals surface area contributed by atoms with E-state index in [1.54, 1.807) is 16.2 Å². The first-order chi connectivity index (χ1) is 10.4. The van der Waals surface area contributed by atoms with Crippen molar-refractivity contribution < 1.29 is 9.59 Å². The van der Waals surface area contributed by atoms with Gasteiger partial charge in [0.1, 0.15) is 0 Å². The summed E-state index contributed by atoms with van der Waals surface area (Å²) in [7, 11) is 3.88. The van der Waals surface area contributed by atoms with E-state index in [0.717, 1.165) is 17.4 Å². The molecule has 7 heteroatoms. The van der Waals surface area contributed by atoms with Crippen LogP contribution >= 0.6 is 11.3 Å². The molecule has 1 N–H and O–H groups in total. The van der Waals surface area contributed by atoms with Gasteiger partial charge < -0.3 is 15.1 Å². The fourth-order valence-corrected chi connectivity index (χ4v) is 3.23. The van der Waals surface area contributed by atoms with E-state index in [4.69, 9.17) is 0 Å². The highest BCUT2D eigenvalue weighted by Crippen LogP contribution is 2.20. The lowest BCUT2D eigenvalue weighted by Crippen LogP contribution is -2.33. The molecule has 0 unspecified atom stereocenters. The first kappa shape index (κ1) is 16.7. The van der Waals surface area contributed by atoms with Crippen LogP contribution in [0.2, 0.25) is 0 Å². The number of nitrogens with zero attached hydrogens (tertiary/aromatic N) is 3. The molecular formula is C15H24N4O2S. The van der Waals surface area contributed by atoms with Crippen molar-refractivity contribution in [1.29, 1.82) is 0 Å². The number of nitrogens with one attached hydrogen (secondary N) is 1. The van der Waals surface area contributed by atoms with E-state index >= 15 is 0 Å². The van der Waals surface area contributed by atoms with Gasteiger partial charge in [0.05, 0.1) is 18.2 Å². The highest BCUT2D eigenvalue weighted by atomic mass is 32.1. The standard InChI is InChI=1S/C15H24N4O2S/c1-10(2)7-19-8-11(5-13(19)20)14(21)16-6-12-9-22-15(17-12)18(3)4/h9-11H,5-8H2,1-4H3,(H,16,21)/t11-/m1/s1. The molecule has 1 fully saturated rings. The average Bonchev–Trinajstić information content (AvgIpc) is 3.03. The van der Waals surface area contributed by atoms with Crippen LogP contribution in [0.4, 0.5) is 5.13 Å². The molecule has 1 atom stereocenters. The monoisotopic (exact) mass is 324 g/mol. The number of amides is 2. The van der Waals surface area contributed by atoms with Gasteiger partial charge in [0.2, 0.25) is 11.8 Å². The van der Waals surface area contributed by atoms with Crippen LogP contribution in [-0.4, -0.2) is 48.9 Å². The summed E-state index contributed by atoms with van der Waals surface area (Å²) in [4.78, 5) is 32.3. The number of hydrogen-bond acceptors (Lipinski definition) is 5. The van der Waals surface area contributed by atoms with Crippen molar-refractivity contribution in [1.82, 2.24) is 15.2 Å². The van der Waals surface area contributed by atoms with Gasteiger partial charge in [-0.2, -0.15) is 0 Å². The van der Waals surface area contributed by atoms with Gasteiger partial charge in [0.25, 0.3) is 0 Å². The quantitative estimate of drug-likeness (QED) is 0.857. The molecule has 6 nitrogen and oxygen atoms in total. The molecule has 22 heavy (non-hydrogen) atoms. The molecule has 122 valence electrons. The maximum atomic E-state index is 12.2. The van der Waals surface area contributed by atoms with Crippen LogP contribution in [0.15, 0.2) is 5.38 Å². The molecule has 2 rings (SSSR count). The van der Waals surface area contributed by atoms with Crippen LogP contribution in [0.25, 0.3) is 0 Å². The number of likely N-dealkylation sites (tertiary alicyclic amines) is 1. The van der Waals surface area contributed by atoms with Gasteiger partial charge in [-0.1, -0.05) is 13.8 Å². The average molecular weight is 324 g/mol. The Morgan fingerprint density at radius 1 is 1.55 bits per heavy atom. The maximum absolute atomic E-state index is 12.2. The molecular weight excluding hydrogens is 300 g/mol. The lowest BCUT2D eigenvalue weighted by atomic mass is 10.1. The summed E-state index contributed by atoms with van der Waals surface area (Å²) >= 11 is 1.55. The Labute approximate surface area is 135 Å². The molecule has 1 aromatic heterocycles. The van der Waals surface area contributed by atoms with Gasteiger partial charge in [-0.15, -0.1) is 11.3 Å². The first-order valence-electron chi connectivity index (χ1n) is 7.54. The number of carbonyl (C=O) groups excluding carboxylic acids is 2. The van der Waals surface area contributed by atoms with Gasteiger partial charge in [0, 0.05) is 39.0 Å². The molecule has 1 aliphatic rings. The molecule has 1 saturated heterocycles. The number of hydrogen-bond donors (Lipinski definition) is 1. The van der Waals surface area contributed by atoms with E-state index in [1.165, 1.54) is 0 Å². The second-order valence-electron chi connectivity index (χ2n) is 6.33. The van der Waals surface area contributed by atoms with Crippen molar-refractivity contribution in [3.63, 3.8) is 0 Å². The molecule has 0 bridgehead atoms. The van der Waals surface area contributed by atoms with Crippen molar-refractivity contribution in [2.75, 3.05) is 32.1 Å². The summed E-state index contributed by atoms with van der Waals surface area (Å²) in [5.41, 5.74) is 0.852. The number of rotatable bonds is 6. The Balaban J connectivity index is 1.83. The van der Waals surface area contributed by atoms with Crippen molar-refractivity contribution in [3.8, 4) is 0 Å². The summed E-state index contributed by atoms with van der Waals surface area (Å²) in [6.07, 6.45) is 0.318. The van der Waals surface area contributed by atoms with Crippen molar-refractivity contribution in [2.24, 2.45) is 11.8 Å². The molecule has 0 aliphatic carbocycles. The fraction of sp³-hybridized carbons (Fsp3) is 0.667. The third-order valence-corrected chi connectivity index (χ3v) is 4.59. The predicted octanol–water partition coefficient (Wildman–Crippen LogP) is 1.33. The Kier molecular flexibility index (Phi) is 5.39. The summed E-state index contributed by atoms with van der Waals surface area (Å²) in [6, 6.07) is 0. The van der Waals surface area contributed by atoms with Crippen LogP contribution in [0.5, 0.6) is 0 Å². The molecule has 0 spiro atoms. The van der Waals surface area contributed by atoms with Gasteiger partial charge in [0.15, 0.2) is 5.13 Å². The summed E-state index contributed by atoms with van der Waals surface area (Å²) in [5.74, 6) is 0.208. The van der Waals surface area contributed by atoms with Crippen molar-refractivity contribution in [2.45, 2.75) is 26.8 Å². The molecule has 1 aliphatic heterocycles. The first-order valence-corrected chi connectivity index (χ1v) is 8.42. The largest absolute Gasteiger partial charge is 0.354 e. The number of carbonyl (C=O) groups is 2. The summed E-state index contributed by atoms with van der Waals surface area (Å²) in [5, 5.41) is 5.76. The predicted molar refractivity (Wildman–Crippen MR) is 87.8 cm³/mol. The van der Waals surface area contributed by atoms with E-state index in [1.807, 2.05) is 24.4 Å². The molecule has 2 heterocycles. The smallest absolute Gasteiger partial charge is 0.225 e. The maximum Gasteiger partial charge on any atom is 0.225 e. The number of thiazole rings is 1. The zero-order chi connectivity index (χ0) is 16.3. The molecule has 0 aromatic carbocycles. The molecule has 2 amide bonds. The van der Waals surface area contributed by atoms with Crippen LogP contribution in [0.3, 0.4) is 0 Å². The fourth-order valence-electron chi connectivity index (χ4n) is 2.47. The number of anilines is 1. The van der Waals surface area contributed by atoms with Crippen LogP contribution in [0.1, 0.15) is 26.0 Å². The highest BCUT2D eigenvalue weighted by Gasteiger charge is 2.34. The van der Waals surface area contributed by atoms with Crippen molar-refractivity contribution >= 4 is 28.3 Å². The van der Waals surface area contributed by atoms with Crippen molar-refractivity contribution in [3.05, 3.63) is 11.1 Å². The minimum Gasteiger partial charge on any atom is -0.354 e. The van der Waals surface area contributed by atoms with E-state index in [0.29, 0.717) is 25.4 Å². The molecule has 0 radical (unpaired) electrons. The summed E-state index contributed by atoms with van der Waals surface area (Å²) in [6.45, 7) is 5.82. The normalized spacial score (nSPS) is 18.1. The van der Waals surface area contributed by atoms with Gasteiger partial charge in [-0.3, -0.25) is 9.59 Å². The van der Waals surface area contributed by atoms with E-state index < -0.39 is 0 Å². The van der Waals surface area contributed by atoms with Crippen LogP contribution in [0, 0.1) is 11.8 Å². The van der Waals surface area contributed by atoms with E-state index in [-0.39, 0.29) is 17.7 Å². The van der Waals surface area contributed by atoms with Gasteiger partial charge in [-0.25, -0.2) is 4.98 Å². The third kappa shape index (κ3) is 4.19. The number of aromatic nitrogens is 1. The van der Waals surface area contributed by atoms with Crippen LogP contribution in [-0.2, 0) is 16.1 Å². The Morgan fingerprint density at radius 3 is 2.86 bits per heavy atom. The summed E-state index contributed by atoms with van der Waals surface area (Å²) < 4.78 is 0. The third-order valence-electron chi connectivity index (χ3n) is 3.54. The second kappa shape index (κ2) is 7.09. The van der Waals surface area contributed by atoms with Gasteiger partial charge >= 0.3 is 0 Å². The highest BCUT2D eigenvalue weighted by molar-refractivity contribution is 7.13. The minimum absolute atomic E-state index is 0.0565. The lowest BCUT2D eigenvalue weighted by molar-refractivity contribution is -0.129. The van der Waals surface area contributed by atoms with Gasteiger partial charge in [-0.05, 0) is 5.92 Å². The topological polar surface area (TPSA) is 65.5 Å². The van der Waals surface area contributed by atoms with Crippen LogP contribution < -0.4 is 10.2 Å². The minimum atomic E-state index is -0.238. The van der Waals surface area contributed by atoms with E-state index in [9.17, 15) is 9.59 Å². The Hall–Kier alpha value is -1.63. The lowest BCUT2D eigenvalue weighted by Gasteiger charge is -2.18. The second-order valence-corrected chi connectivity index (χ2v) is 7.16. The van der Waals surface area contributed by atoms with E-state index in [2.05, 4.69) is 24.1 Å². The Bertz CT molecular complexity index is 541.